The molecule has 1 aromatic carbocycles. The fraction of sp³-hybridized carbons (Fsp3) is 0.650. The molecule has 0 aromatic heterocycles. The standard InChI is InChI=1S/C20H31N3O6S/c1-27-18-12-15(13-19(14-18)28-2)21-20(24)22-8-4-16(5-9-22)29-17-6-10-23(11-7-17)30(3,25)26/h12-14,16-17H,4-11H2,1-3H3,(H,21,24). The molecule has 10 heteroatoms. The average molecular weight is 442 g/mol. The molecule has 0 bridgehead atoms. The van der Waals surface area contributed by atoms with Gasteiger partial charge in [0.15, 0.2) is 0 Å². The number of ether oxygens (including phenoxy) is 3. The highest BCUT2D eigenvalue weighted by atomic mass is 32.2. The van der Waals surface area contributed by atoms with Crippen LogP contribution in [0.1, 0.15) is 25.7 Å². The molecule has 2 aliphatic heterocycles. The van der Waals surface area contributed by atoms with E-state index in [0.717, 1.165) is 12.8 Å². The van der Waals surface area contributed by atoms with E-state index in [4.69, 9.17) is 14.2 Å². The fourth-order valence-electron chi connectivity index (χ4n) is 3.85. The fourth-order valence-corrected chi connectivity index (χ4v) is 4.72. The Morgan fingerprint density at radius 1 is 0.933 bits per heavy atom. The number of hydrogen-bond acceptors (Lipinski definition) is 6. The maximum Gasteiger partial charge on any atom is 0.321 e. The Kier molecular flexibility index (Phi) is 7.43. The van der Waals surface area contributed by atoms with Crippen LogP contribution in [0, 0.1) is 0 Å². The molecule has 0 saturated carbocycles. The molecule has 1 aromatic rings. The van der Waals surface area contributed by atoms with Crippen molar-refractivity contribution in [3.63, 3.8) is 0 Å². The molecule has 1 N–H and O–H groups in total. The van der Waals surface area contributed by atoms with E-state index in [-0.39, 0.29) is 18.2 Å². The summed E-state index contributed by atoms with van der Waals surface area (Å²) in [5.41, 5.74) is 0.618. The molecule has 168 valence electrons. The monoisotopic (exact) mass is 441 g/mol. The number of anilines is 1. The number of amides is 2. The van der Waals surface area contributed by atoms with Crippen LogP contribution in [0.3, 0.4) is 0 Å². The summed E-state index contributed by atoms with van der Waals surface area (Å²) in [4.78, 5) is 14.4. The van der Waals surface area contributed by atoms with Crippen LogP contribution in [0.2, 0.25) is 0 Å². The summed E-state index contributed by atoms with van der Waals surface area (Å²) in [5.74, 6) is 1.22. The topological polar surface area (TPSA) is 97.4 Å². The van der Waals surface area contributed by atoms with Crippen molar-refractivity contribution in [2.75, 3.05) is 52.0 Å². The minimum absolute atomic E-state index is 0.0811. The molecule has 2 aliphatic rings. The quantitative estimate of drug-likeness (QED) is 0.726. The van der Waals surface area contributed by atoms with E-state index < -0.39 is 10.0 Å². The van der Waals surface area contributed by atoms with E-state index >= 15 is 0 Å². The number of hydrogen-bond donors (Lipinski definition) is 1. The number of methoxy groups -OCH3 is 2. The van der Waals surface area contributed by atoms with Crippen LogP contribution in [0.25, 0.3) is 0 Å². The molecule has 2 amide bonds. The summed E-state index contributed by atoms with van der Waals surface area (Å²) in [6.07, 6.45) is 4.38. The first-order chi connectivity index (χ1) is 14.3. The van der Waals surface area contributed by atoms with Crippen LogP contribution in [-0.2, 0) is 14.8 Å². The molecule has 3 rings (SSSR count). The highest BCUT2D eigenvalue weighted by Gasteiger charge is 2.29. The summed E-state index contributed by atoms with van der Waals surface area (Å²) in [5, 5.41) is 2.90. The molecule has 0 spiro atoms. The normalized spacial score (nSPS) is 19.5. The van der Waals surface area contributed by atoms with E-state index in [1.54, 1.807) is 37.3 Å². The number of sulfonamides is 1. The van der Waals surface area contributed by atoms with Gasteiger partial charge in [0.1, 0.15) is 11.5 Å². The smallest absolute Gasteiger partial charge is 0.321 e. The van der Waals surface area contributed by atoms with Crippen LogP contribution >= 0.6 is 0 Å². The van der Waals surface area contributed by atoms with Gasteiger partial charge in [0.2, 0.25) is 10.0 Å². The Balaban J connectivity index is 1.45. The zero-order chi connectivity index (χ0) is 21.7. The highest BCUT2D eigenvalue weighted by Crippen LogP contribution is 2.27. The Bertz CT molecular complexity index is 809. The van der Waals surface area contributed by atoms with E-state index in [0.29, 0.717) is 56.2 Å². The minimum atomic E-state index is -3.12. The molecule has 0 aliphatic carbocycles. The lowest BCUT2D eigenvalue weighted by molar-refractivity contribution is -0.0542. The number of nitrogens with zero attached hydrogens (tertiary/aromatic N) is 2. The molecule has 0 unspecified atom stereocenters. The van der Waals surface area contributed by atoms with Crippen molar-refractivity contribution in [3.05, 3.63) is 18.2 Å². The first kappa shape index (κ1) is 22.6. The van der Waals surface area contributed by atoms with Crippen LogP contribution in [-0.4, -0.2) is 82.5 Å². The van der Waals surface area contributed by atoms with Crippen molar-refractivity contribution in [2.24, 2.45) is 0 Å². The second-order valence-electron chi connectivity index (χ2n) is 7.72. The van der Waals surface area contributed by atoms with Gasteiger partial charge in [-0.15, -0.1) is 0 Å². The SMILES string of the molecule is COc1cc(NC(=O)N2CCC(OC3CCN(S(C)(=O)=O)CC3)CC2)cc(OC)c1. The van der Waals surface area contributed by atoms with Gasteiger partial charge in [0.25, 0.3) is 0 Å². The molecule has 2 heterocycles. The van der Waals surface area contributed by atoms with Gasteiger partial charge in [-0.2, -0.15) is 0 Å². The van der Waals surface area contributed by atoms with Crippen molar-refractivity contribution >= 4 is 21.7 Å². The summed E-state index contributed by atoms with van der Waals surface area (Å²) in [6, 6.07) is 5.09. The molecule has 30 heavy (non-hydrogen) atoms. The van der Waals surface area contributed by atoms with Crippen LogP contribution in [0.4, 0.5) is 10.5 Å². The third-order valence-corrected chi connectivity index (χ3v) is 6.89. The first-order valence-electron chi connectivity index (χ1n) is 10.2. The van der Waals surface area contributed by atoms with Gasteiger partial charge >= 0.3 is 6.03 Å². The van der Waals surface area contributed by atoms with E-state index in [1.165, 1.54) is 10.6 Å². The van der Waals surface area contributed by atoms with E-state index in [2.05, 4.69) is 5.32 Å². The van der Waals surface area contributed by atoms with Crippen molar-refractivity contribution in [1.82, 2.24) is 9.21 Å². The number of rotatable bonds is 6. The van der Waals surface area contributed by atoms with Crippen molar-refractivity contribution in [3.8, 4) is 11.5 Å². The van der Waals surface area contributed by atoms with Crippen molar-refractivity contribution < 1.29 is 27.4 Å². The van der Waals surface area contributed by atoms with Gasteiger partial charge < -0.3 is 24.4 Å². The molecule has 9 nitrogen and oxygen atoms in total. The summed E-state index contributed by atoms with van der Waals surface area (Å²) in [7, 11) is 0.00816. The number of carbonyl (C=O) groups is 1. The molecule has 2 fully saturated rings. The van der Waals surface area contributed by atoms with Gasteiger partial charge in [-0.3, -0.25) is 0 Å². The van der Waals surface area contributed by atoms with Gasteiger partial charge in [0, 0.05) is 50.1 Å². The van der Waals surface area contributed by atoms with Crippen LogP contribution < -0.4 is 14.8 Å². The lowest BCUT2D eigenvalue weighted by Gasteiger charge is -2.36. The Morgan fingerprint density at radius 3 is 1.90 bits per heavy atom. The zero-order valence-corrected chi connectivity index (χ0v) is 18.6. The number of likely N-dealkylation sites (tertiary alicyclic amines) is 1. The molecular weight excluding hydrogens is 410 g/mol. The Morgan fingerprint density at radius 2 is 1.43 bits per heavy atom. The summed E-state index contributed by atoms with van der Waals surface area (Å²) < 4.78 is 41.4. The zero-order valence-electron chi connectivity index (χ0n) is 17.8. The van der Waals surface area contributed by atoms with Crippen LogP contribution in [0.15, 0.2) is 18.2 Å². The van der Waals surface area contributed by atoms with Gasteiger partial charge in [-0.25, -0.2) is 17.5 Å². The number of carbonyl (C=O) groups excluding carboxylic acids is 1. The lowest BCUT2D eigenvalue weighted by Crippen LogP contribution is -2.45. The van der Waals surface area contributed by atoms with Crippen molar-refractivity contribution in [2.45, 2.75) is 37.9 Å². The number of benzene rings is 1. The van der Waals surface area contributed by atoms with Gasteiger partial charge in [-0.05, 0) is 25.7 Å². The second kappa shape index (κ2) is 9.84. The Hall–Kier alpha value is -2.04. The third-order valence-electron chi connectivity index (χ3n) is 5.59. The maximum absolute atomic E-state index is 12.6. The summed E-state index contributed by atoms with van der Waals surface area (Å²) >= 11 is 0. The van der Waals surface area contributed by atoms with Crippen LogP contribution in [0.5, 0.6) is 11.5 Å². The molecular formula is C20H31N3O6S. The molecule has 0 radical (unpaired) electrons. The van der Waals surface area contributed by atoms with E-state index in [9.17, 15) is 13.2 Å². The van der Waals surface area contributed by atoms with Gasteiger partial charge in [0.05, 0.1) is 32.7 Å². The summed E-state index contributed by atoms with van der Waals surface area (Å²) in [6.45, 7) is 2.24. The predicted molar refractivity (Wildman–Crippen MR) is 114 cm³/mol. The lowest BCUT2D eigenvalue weighted by atomic mass is 10.1. The average Bonchev–Trinajstić information content (AvgIpc) is 2.73. The maximum atomic E-state index is 12.6. The largest absolute Gasteiger partial charge is 0.497 e. The predicted octanol–water partition coefficient (Wildman–Crippen LogP) is 2.14. The number of piperidine rings is 2. The van der Waals surface area contributed by atoms with Crippen molar-refractivity contribution in [1.29, 1.82) is 0 Å². The number of urea groups is 1. The second-order valence-corrected chi connectivity index (χ2v) is 9.70. The number of nitrogens with one attached hydrogen (secondary N) is 1. The third kappa shape index (κ3) is 5.99. The Labute approximate surface area is 178 Å². The highest BCUT2D eigenvalue weighted by molar-refractivity contribution is 7.88. The first-order valence-corrected chi connectivity index (χ1v) is 12.0. The van der Waals surface area contributed by atoms with Gasteiger partial charge in [-0.1, -0.05) is 0 Å². The van der Waals surface area contributed by atoms with E-state index in [1.807, 2.05) is 0 Å². The molecule has 2 saturated heterocycles. The minimum Gasteiger partial charge on any atom is -0.497 e. The molecule has 0 atom stereocenters.